The zero-order valence-electron chi connectivity index (χ0n) is 23.7. The minimum Gasteiger partial charge on any atom is -0.342 e. The third-order valence-corrected chi connectivity index (χ3v) is 8.70. The van der Waals surface area contributed by atoms with Gasteiger partial charge in [-0.25, -0.2) is 27.2 Å². The van der Waals surface area contributed by atoms with Gasteiger partial charge in [0.25, 0.3) is 0 Å². The van der Waals surface area contributed by atoms with Crippen LogP contribution in [0.1, 0.15) is 76.0 Å². The van der Waals surface area contributed by atoms with Crippen molar-refractivity contribution in [1.82, 2.24) is 24.6 Å². The second kappa shape index (κ2) is 10.4. The monoisotopic (exact) mass is 559 g/mol. The lowest BCUT2D eigenvalue weighted by molar-refractivity contribution is -0.136. The van der Waals surface area contributed by atoms with Crippen LogP contribution in [0, 0.1) is 24.5 Å². The summed E-state index contributed by atoms with van der Waals surface area (Å²) < 4.78 is 58.2. The first kappa shape index (κ1) is 28.5. The third-order valence-electron chi connectivity index (χ3n) is 8.70. The van der Waals surface area contributed by atoms with E-state index < -0.39 is 34.7 Å². The lowest BCUT2D eigenvalue weighted by atomic mass is 9.86. The molecule has 10 heteroatoms. The highest BCUT2D eigenvalue weighted by atomic mass is 19.2. The quantitative estimate of drug-likeness (QED) is 0.437. The zero-order valence-corrected chi connectivity index (χ0v) is 23.7. The highest BCUT2D eigenvalue weighted by molar-refractivity contribution is 5.81. The fraction of sp³-hybridized carbons (Fsp3) is 0.567. The fourth-order valence-electron chi connectivity index (χ4n) is 6.33. The van der Waals surface area contributed by atoms with E-state index in [4.69, 9.17) is 0 Å². The Morgan fingerprint density at radius 3 is 2.40 bits per heavy atom. The van der Waals surface area contributed by atoms with Crippen molar-refractivity contribution in [2.75, 3.05) is 26.2 Å². The Balaban J connectivity index is 1.33. The Kier molecular flexibility index (Phi) is 7.44. The molecule has 2 aliphatic heterocycles. The van der Waals surface area contributed by atoms with Gasteiger partial charge in [-0.15, -0.1) is 0 Å². The zero-order chi connectivity index (χ0) is 29.0. The number of nitrogens with zero attached hydrogens (tertiary/aromatic N) is 5. The van der Waals surface area contributed by atoms with Crippen molar-refractivity contribution in [3.63, 3.8) is 0 Å². The molecule has 0 N–H and O–H groups in total. The normalized spacial score (nSPS) is 26.7. The Hall–Kier alpha value is -3.01. The van der Waals surface area contributed by atoms with Crippen LogP contribution in [0.3, 0.4) is 0 Å². The van der Waals surface area contributed by atoms with Crippen molar-refractivity contribution in [3.05, 3.63) is 70.9 Å². The smallest absolute Gasteiger partial charge is 0.227 e. The standard InChI is InChI=1S/C30H37F4N5O/c1-18-35-27(39(36-18)30(5)11-8-24(32)26(34)15-30)19-9-12-37(13-10-19)28(40)23-17-38(29(2,3)4)16-22(23)21-7-6-20(31)14-25(21)33/h6-8,11,14,19,22-23H,9-10,12-13,15-17H2,1-5H3. The number of amides is 1. The fourth-order valence-corrected chi connectivity index (χ4v) is 6.33. The van der Waals surface area contributed by atoms with E-state index in [1.165, 1.54) is 12.1 Å². The topological polar surface area (TPSA) is 54.3 Å². The number of benzene rings is 1. The predicted molar refractivity (Wildman–Crippen MR) is 144 cm³/mol. The highest BCUT2D eigenvalue weighted by Crippen LogP contribution is 2.41. The molecule has 1 aromatic carbocycles. The second-order valence-corrected chi connectivity index (χ2v) is 12.6. The number of halogens is 4. The van der Waals surface area contributed by atoms with Gasteiger partial charge in [0.1, 0.15) is 29.1 Å². The van der Waals surface area contributed by atoms with Crippen LogP contribution in [0.25, 0.3) is 0 Å². The molecule has 3 unspecified atom stereocenters. The molecular weight excluding hydrogens is 522 g/mol. The largest absolute Gasteiger partial charge is 0.342 e. The molecule has 0 bridgehead atoms. The minimum absolute atomic E-state index is 0.00530. The van der Waals surface area contributed by atoms with Crippen molar-refractivity contribution >= 4 is 5.91 Å². The molecule has 5 rings (SSSR count). The first-order chi connectivity index (χ1) is 18.8. The number of rotatable bonds is 4. The van der Waals surface area contributed by atoms with Gasteiger partial charge in [0.05, 0.1) is 11.5 Å². The molecular formula is C30H37F4N5O. The summed E-state index contributed by atoms with van der Waals surface area (Å²) >= 11 is 0. The van der Waals surface area contributed by atoms with Crippen LogP contribution in [0.15, 0.2) is 42.0 Å². The maximum atomic E-state index is 14.9. The first-order valence-electron chi connectivity index (χ1n) is 13.9. The Labute approximate surface area is 232 Å². The maximum absolute atomic E-state index is 14.9. The van der Waals surface area contributed by atoms with Gasteiger partial charge in [0, 0.05) is 56.0 Å². The second-order valence-electron chi connectivity index (χ2n) is 12.6. The average molecular weight is 560 g/mol. The van der Waals surface area contributed by atoms with Crippen molar-refractivity contribution in [3.8, 4) is 0 Å². The molecule has 2 aromatic rings. The first-order valence-corrected chi connectivity index (χ1v) is 13.9. The minimum atomic E-state index is -0.879. The number of allylic oxidation sites excluding steroid dienone is 4. The lowest BCUT2D eigenvalue weighted by Crippen LogP contribution is -2.45. The van der Waals surface area contributed by atoms with Crippen molar-refractivity contribution in [2.45, 2.75) is 76.8 Å². The molecule has 0 saturated carbocycles. The molecule has 6 nitrogen and oxygen atoms in total. The van der Waals surface area contributed by atoms with Crippen molar-refractivity contribution in [2.24, 2.45) is 5.92 Å². The van der Waals surface area contributed by atoms with Crippen LogP contribution in [-0.4, -0.2) is 62.2 Å². The molecule has 1 amide bonds. The summed E-state index contributed by atoms with van der Waals surface area (Å²) in [6, 6.07) is 3.60. The number of piperidine rings is 1. The summed E-state index contributed by atoms with van der Waals surface area (Å²) in [6.07, 6.45) is 3.90. The van der Waals surface area contributed by atoms with Gasteiger partial charge in [-0.1, -0.05) is 12.1 Å². The van der Waals surface area contributed by atoms with Gasteiger partial charge >= 0.3 is 0 Å². The molecule has 216 valence electrons. The van der Waals surface area contributed by atoms with E-state index in [9.17, 15) is 22.4 Å². The van der Waals surface area contributed by atoms with Crippen molar-refractivity contribution in [1.29, 1.82) is 0 Å². The number of hydrogen-bond acceptors (Lipinski definition) is 4. The number of hydrogen-bond donors (Lipinski definition) is 0. The van der Waals surface area contributed by atoms with Crippen LogP contribution in [0.4, 0.5) is 17.6 Å². The SMILES string of the molecule is Cc1nc(C2CCN(C(=O)C3CN(C(C)(C)C)CC3c3ccc(F)cc3F)CC2)n(C2(C)C=CC(F)=C(F)C2)n1. The number of carbonyl (C=O) groups excluding carboxylic acids is 1. The van der Waals surface area contributed by atoms with Gasteiger partial charge in [0.15, 0.2) is 5.83 Å². The molecule has 2 fully saturated rings. The van der Waals surface area contributed by atoms with E-state index in [1.807, 2.05) is 11.8 Å². The highest BCUT2D eigenvalue weighted by Gasteiger charge is 2.45. The number of aryl methyl sites for hydroxylation is 1. The number of likely N-dealkylation sites (tertiary alicyclic amines) is 2. The molecule has 0 spiro atoms. The van der Waals surface area contributed by atoms with Crippen LogP contribution in [0.2, 0.25) is 0 Å². The van der Waals surface area contributed by atoms with E-state index in [0.717, 1.165) is 12.1 Å². The lowest BCUT2D eigenvalue weighted by Gasteiger charge is -2.36. The summed E-state index contributed by atoms with van der Waals surface area (Å²) in [6.45, 7) is 11.8. The van der Waals surface area contributed by atoms with Crippen molar-refractivity contribution < 1.29 is 22.4 Å². The molecule has 3 atom stereocenters. The van der Waals surface area contributed by atoms with E-state index in [-0.39, 0.29) is 29.7 Å². The Morgan fingerprint density at radius 2 is 1.77 bits per heavy atom. The van der Waals surface area contributed by atoms with Gasteiger partial charge in [-0.2, -0.15) is 5.10 Å². The predicted octanol–water partition coefficient (Wildman–Crippen LogP) is 5.91. The van der Waals surface area contributed by atoms with Gasteiger partial charge in [-0.05, 0) is 65.2 Å². The Morgan fingerprint density at radius 1 is 1.07 bits per heavy atom. The molecule has 1 aliphatic carbocycles. The molecule has 2 saturated heterocycles. The van der Waals surface area contributed by atoms with Crippen LogP contribution < -0.4 is 0 Å². The summed E-state index contributed by atoms with van der Waals surface area (Å²) in [4.78, 5) is 22.6. The molecule has 0 radical (unpaired) electrons. The van der Waals surface area contributed by atoms with E-state index in [2.05, 4.69) is 35.8 Å². The molecule has 1 aromatic heterocycles. The summed E-state index contributed by atoms with van der Waals surface area (Å²) in [5.41, 5.74) is -0.716. The average Bonchev–Trinajstić information content (AvgIpc) is 3.51. The third kappa shape index (κ3) is 5.34. The van der Waals surface area contributed by atoms with E-state index in [0.29, 0.717) is 56.2 Å². The van der Waals surface area contributed by atoms with E-state index >= 15 is 0 Å². The summed E-state index contributed by atoms with van der Waals surface area (Å²) in [5, 5.41) is 4.54. The van der Waals surface area contributed by atoms with Gasteiger partial charge in [0.2, 0.25) is 5.91 Å². The molecule has 40 heavy (non-hydrogen) atoms. The van der Waals surface area contributed by atoms with Crippen LogP contribution in [-0.2, 0) is 10.3 Å². The molecule has 3 aliphatic rings. The van der Waals surface area contributed by atoms with Gasteiger partial charge < -0.3 is 4.90 Å². The summed E-state index contributed by atoms with van der Waals surface area (Å²) in [5.74, 6) is -2.53. The number of carbonyl (C=O) groups is 1. The molecule has 3 heterocycles. The number of aromatic nitrogens is 3. The maximum Gasteiger partial charge on any atom is 0.227 e. The Bertz CT molecular complexity index is 1350. The van der Waals surface area contributed by atoms with E-state index in [1.54, 1.807) is 17.7 Å². The van der Waals surface area contributed by atoms with Gasteiger partial charge in [-0.3, -0.25) is 9.69 Å². The summed E-state index contributed by atoms with van der Waals surface area (Å²) in [7, 11) is 0. The van der Waals surface area contributed by atoms with Crippen LogP contribution >= 0.6 is 0 Å². The van der Waals surface area contributed by atoms with Crippen LogP contribution in [0.5, 0.6) is 0 Å².